The Bertz CT molecular complexity index is 633. The minimum absolute atomic E-state index is 0.0622. The molecule has 0 aliphatic rings. The van der Waals surface area contributed by atoms with Crippen LogP contribution in [-0.4, -0.2) is 15.8 Å². The molecular weight excluding hydrogens is 266 g/mol. The van der Waals surface area contributed by atoms with Gasteiger partial charge >= 0.3 is 6.03 Å². The lowest BCUT2D eigenvalue weighted by molar-refractivity contribution is 0.251. The summed E-state index contributed by atoms with van der Waals surface area (Å²) in [5.74, 6) is 0. The van der Waals surface area contributed by atoms with Crippen LogP contribution in [0.15, 0.2) is 30.5 Å². The van der Waals surface area contributed by atoms with Gasteiger partial charge in [-0.05, 0) is 31.5 Å². The molecule has 0 fully saturated rings. The molecule has 21 heavy (non-hydrogen) atoms. The molecule has 0 radical (unpaired) electrons. The van der Waals surface area contributed by atoms with E-state index in [0.717, 1.165) is 22.5 Å². The van der Waals surface area contributed by atoms with Gasteiger partial charge in [0.25, 0.3) is 0 Å². The number of aromatic nitrogens is 2. The Hall–Kier alpha value is -2.34. The summed E-state index contributed by atoms with van der Waals surface area (Å²) in [6.07, 6.45) is 1.76. The molecule has 1 atom stereocenters. The molecule has 2 aromatic rings. The summed E-state index contributed by atoms with van der Waals surface area (Å²) in [5, 5.41) is 9.76. The molecule has 6 nitrogen and oxygen atoms in total. The van der Waals surface area contributed by atoms with Gasteiger partial charge in [0.1, 0.15) is 0 Å². The van der Waals surface area contributed by atoms with E-state index < -0.39 is 0 Å². The molecule has 0 aliphatic heterocycles. The second-order valence-electron chi connectivity index (χ2n) is 5.10. The molecule has 0 bridgehead atoms. The van der Waals surface area contributed by atoms with Gasteiger partial charge in [-0.1, -0.05) is 12.1 Å². The van der Waals surface area contributed by atoms with E-state index >= 15 is 0 Å². The van der Waals surface area contributed by atoms with Gasteiger partial charge in [-0.25, -0.2) is 4.79 Å². The smallest absolute Gasteiger partial charge is 0.319 e. The number of urea groups is 1. The average molecular weight is 287 g/mol. The largest absolute Gasteiger partial charge is 0.334 e. The van der Waals surface area contributed by atoms with Gasteiger partial charge < -0.3 is 16.4 Å². The maximum Gasteiger partial charge on any atom is 0.319 e. The van der Waals surface area contributed by atoms with Crippen molar-refractivity contribution in [2.75, 3.05) is 5.32 Å². The maximum atomic E-state index is 11.9. The van der Waals surface area contributed by atoms with E-state index in [0.29, 0.717) is 6.54 Å². The summed E-state index contributed by atoms with van der Waals surface area (Å²) in [5.41, 5.74) is 9.57. The van der Waals surface area contributed by atoms with E-state index in [1.165, 1.54) is 0 Å². The van der Waals surface area contributed by atoms with E-state index in [1.54, 1.807) is 10.9 Å². The zero-order valence-corrected chi connectivity index (χ0v) is 12.6. The van der Waals surface area contributed by atoms with Crippen LogP contribution in [-0.2, 0) is 13.6 Å². The highest BCUT2D eigenvalue weighted by Crippen LogP contribution is 2.15. The lowest BCUT2D eigenvalue weighted by atomic mass is 10.1. The molecule has 0 aliphatic carbocycles. The molecule has 1 aromatic heterocycles. The second-order valence-corrected chi connectivity index (χ2v) is 5.10. The number of nitrogens with zero attached hydrogens (tertiary/aromatic N) is 2. The van der Waals surface area contributed by atoms with Crippen LogP contribution < -0.4 is 16.4 Å². The van der Waals surface area contributed by atoms with Crippen LogP contribution in [0.3, 0.4) is 0 Å². The summed E-state index contributed by atoms with van der Waals surface area (Å²) in [4.78, 5) is 11.9. The third-order valence-corrected chi connectivity index (χ3v) is 3.45. The number of anilines is 1. The van der Waals surface area contributed by atoms with Crippen molar-refractivity contribution in [1.82, 2.24) is 15.1 Å². The minimum Gasteiger partial charge on any atom is -0.334 e. The van der Waals surface area contributed by atoms with Crippen molar-refractivity contribution in [1.29, 1.82) is 0 Å². The molecular formula is C15H21N5O. The van der Waals surface area contributed by atoms with Crippen LogP contribution in [0.25, 0.3) is 0 Å². The molecule has 1 unspecified atom stereocenters. The van der Waals surface area contributed by atoms with Crippen LogP contribution in [0.2, 0.25) is 0 Å². The fraction of sp³-hybridized carbons (Fsp3) is 0.333. The Morgan fingerprint density at radius 2 is 2.24 bits per heavy atom. The van der Waals surface area contributed by atoms with E-state index in [4.69, 9.17) is 5.73 Å². The summed E-state index contributed by atoms with van der Waals surface area (Å²) in [6.45, 7) is 4.32. The maximum absolute atomic E-state index is 11.9. The molecule has 2 amide bonds. The highest BCUT2D eigenvalue weighted by Gasteiger charge is 2.07. The number of hydrogen-bond donors (Lipinski definition) is 3. The Kier molecular flexibility index (Phi) is 4.59. The van der Waals surface area contributed by atoms with Crippen molar-refractivity contribution in [3.05, 3.63) is 47.3 Å². The average Bonchev–Trinajstić information content (AvgIpc) is 2.77. The standard InChI is InChI=1S/C15H21N5O/c1-10(16)12-5-4-6-14(7-12)19-15(21)17-8-13-9-18-20(3)11(13)2/h4-7,9-10H,8,16H2,1-3H3,(H2,17,19,21). The molecule has 0 saturated carbocycles. The Morgan fingerprint density at radius 3 is 2.86 bits per heavy atom. The summed E-state index contributed by atoms with van der Waals surface area (Å²) in [7, 11) is 1.87. The zero-order chi connectivity index (χ0) is 15.4. The van der Waals surface area contributed by atoms with E-state index in [1.807, 2.05) is 45.2 Å². The number of nitrogens with two attached hydrogens (primary N) is 1. The predicted octanol–water partition coefficient (Wildman–Crippen LogP) is 2.07. The number of carbonyl (C=O) groups is 1. The lowest BCUT2D eigenvalue weighted by Crippen LogP contribution is -2.28. The first-order valence-corrected chi connectivity index (χ1v) is 6.85. The van der Waals surface area contributed by atoms with Crippen molar-refractivity contribution in [2.24, 2.45) is 12.8 Å². The molecule has 1 heterocycles. The number of carbonyl (C=O) groups excluding carboxylic acids is 1. The quantitative estimate of drug-likeness (QED) is 0.804. The molecule has 4 N–H and O–H groups in total. The van der Waals surface area contributed by atoms with Crippen LogP contribution in [0, 0.1) is 6.92 Å². The van der Waals surface area contributed by atoms with Gasteiger partial charge in [-0.2, -0.15) is 5.10 Å². The second kappa shape index (κ2) is 6.41. The van der Waals surface area contributed by atoms with E-state index in [-0.39, 0.29) is 12.1 Å². The highest BCUT2D eigenvalue weighted by atomic mass is 16.2. The molecule has 1 aromatic carbocycles. The first kappa shape index (κ1) is 15.1. The molecule has 2 rings (SSSR count). The number of benzene rings is 1. The highest BCUT2D eigenvalue weighted by molar-refractivity contribution is 5.89. The monoisotopic (exact) mass is 287 g/mol. The summed E-state index contributed by atoms with van der Waals surface area (Å²) >= 11 is 0. The van der Waals surface area contributed by atoms with Gasteiger partial charge in [0.05, 0.1) is 6.20 Å². The fourth-order valence-electron chi connectivity index (χ4n) is 1.97. The SMILES string of the molecule is Cc1c(CNC(=O)Nc2cccc(C(C)N)c2)cnn1C. The van der Waals surface area contributed by atoms with Crippen molar-refractivity contribution >= 4 is 11.7 Å². The zero-order valence-electron chi connectivity index (χ0n) is 12.6. The van der Waals surface area contributed by atoms with Gasteiger partial charge in [-0.15, -0.1) is 0 Å². The number of amides is 2. The van der Waals surface area contributed by atoms with Crippen LogP contribution in [0.1, 0.15) is 29.8 Å². The molecule has 6 heteroatoms. The minimum atomic E-state index is -0.250. The third-order valence-electron chi connectivity index (χ3n) is 3.45. The summed E-state index contributed by atoms with van der Waals surface area (Å²) < 4.78 is 1.78. The first-order chi connectivity index (χ1) is 9.97. The van der Waals surface area contributed by atoms with Crippen molar-refractivity contribution in [2.45, 2.75) is 26.4 Å². The van der Waals surface area contributed by atoms with Gasteiger partial charge in [0, 0.05) is 36.6 Å². The van der Waals surface area contributed by atoms with Crippen molar-refractivity contribution in [3.63, 3.8) is 0 Å². The van der Waals surface area contributed by atoms with Gasteiger partial charge in [0.2, 0.25) is 0 Å². The predicted molar refractivity (Wildman–Crippen MR) is 82.8 cm³/mol. The Labute approximate surface area is 124 Å². The molecule has 0 spiro atoms. The number of nitrogens with one attached hydrogen (secondary N) is 2. The van der Waals surface area contributed by atoms with Gasteiger partial charge in [-0.3, -0.25) is 4.68 Å². The van der Waals surface area contributed by atoms with Crippen molar-refractivity contribution < 1.29 is 4.79 Å². The lowest BCUT2D eigenvalue weighted by Gasteiger charge is -2.10. The number of rotatable bonds is 4. The molecule has 112 valence electrons. The van der Waals surface area contributed by atoms with E-state index in [9.17, 15) is 4.79 Å². The van der Waals surface area contributed by atoms with Crippen LogP contribution >= 0.6 is 0 Å². The van der Waals surface area contributed by atoms with Crippen molar-refractivity contribution in [3.8, 4) is 0 Å². The number of aryl methyl sites for hydroxylation is 1. The van der Waals surface area contributed by atoms with E-state index in [2.05, 4.69) is 15.7 Å². The van der Waals surface area contributed by atoms with Gasteiger partial charge in [0.15, 0.2) is 0 Å². The fourth-order valence-corrected chi connectivity index (χ4v) is 1.97. The van der Waals surface area contributed by atoms with Crippen LogP contribution in [0.4, 0.5) is 10.5 Å². The topological polar surface area (TPSA) is 85.0 Å². The Balaban J connectivity index is 1.93. The third kappa shape index (κ3) is 3.82. The normalized spacial score (nSPS) is 12.0. The first-order valence-electron chi connectivity index (χ1n) is 6.85. The number of hydrogen-bond acceptors (Lipinski definition) is 3. The molecule has 0 saturated heterocycles. The Morgan fingerprint density at radius 1 is 1.48 bits per heavy atom. The summed E-state index contributed by atoms with van der Waals surface area (Å²) in [6, 6.07) is 7.21. The van der Waals surface area contributed by atoms with Crippen LogP contribution in [0.5, 0.6) is 0 Å².